The van der Waals surface area contributed by atoms with Gasteiger partial charge < -0.3 is 15.0 Å². The molecule has 0 amide bonds. The van der Waals surface area contributed by atoms with Crippen LogP contribution < -0.4 is 10.2 Å². The molecule has 1 aromatic carbocycles. The molecule has 1 saturated heterocycles. The van der Waals surface area contributed by atoms with Crippen LogP contribution in [0.2, 0.25) is 0 Å². The van der Waals surface area contributed by atoms with Gasteiger partial charge in [-0.3, -0.25) is 0 Å². The maximum Gasteiger partial charge on any atom is 0.0469 e. The molecule has 1 aliphatic rings. The fourth-order valence-electron chi connectivity index (χ4n) is 2.77. The summed E-state index contributed by atoms with van der Waals surface area (Å²) in [5, 5.41) is 3.33. The first-order chi connectivity index (χ1) is 9.22. The highest BCUT2D eigenvalue weighted by atomic mass is 16.5. The molecule has 1 atom stereocenters. The monoisotopic (exact) mass is 262 g/mol. The van der Waals surface area contributed by atoms with Gasteiger partial charge in [-0.25, -0.2) is 0 Å². The van der Waals surface area contributed by atoms with Crippen molar-refractivity contribution in [2.24, 2.45) is 5.92 Å². The van der Waals surface area contributed by atoms with Crippen LogP contribution in [0, 0.1) is 5.92 Å². The molecule has 1 fully saturated rings. The lowest BCUT2D eigenvalue weighted by Crippen LogP contribution is -2.30. The molecule has 19 heavy (non-hydrogen) atoms. The van der Waals surface area contributed by atoms with Gasteiger partial charge >= 0.3 is 0 Å². The van der Waals surface area contributed by atoms with Gasteiger partial charge in [0, 0.05) is 38.5 Å². The van der Waals surface area contributed by atoms with Gasteiger partial charge in [0.2, 0.25) is 0 Å². The number of hydrogen-bond acceptors (Lipinski definition) is 3. The maximum atomic E-state index is 5.44. The highest BCUT2D eigenvalue weighted by Crippen LogP contribution is 2.27. The zero-order chi connectivity index (χ0) is 13.7. The largest absolute Gasteiger partial charge is 0.381 e. The predicted molar refractivity (Wildman–Crippen MR) is 80.7 cm³/mol. The number of nitrogens with zero attached hydrogens (tertiary/aromatic N) is 1. The lowest BCUT2D eigenvalue weighted by Gasteiger charge is -2.30. The smallest absolute Gasteiger partial charge is 0.0469 e. The number of nitrogens with one attached hydrogen (secondary N) is 1. The van der Waals surface area contributed by atoms with Gasteiger partial charge in [-0.2, -0.15) is 0 Å². The molecule has 106 valence electrons. The lowest BCUT2D eigenvalue weighted by atomic mass is 9.98. The summed E-state index contributed by atoms with van der Waals surface area (Å²) in [6, 6.07) is 9.07. The average Bonchev–Trinajstić information content (AvgIpc) is 2.47. The fourth-order valence-corrected chi connectivity index (χ4v) is 2.77. The summed E-state index contributed by atoms with van der Waals surface area (Å²) < 4.78 is 5.44. The van der Waals surface area contributed by atoms with Crippen molar-refractivity contribution in [3.05, 3.63) is 29.8 Å². The topological polar surface area (TPSA) is 24.5 Å². The van der Waals surface area contributed by atoms with Crippen LogP contribution in [-0.2, 0) is 4.74 Å². The molecule has 0 aromatic heterocycles. The van der Waals surface area contributed by atoms with Crippen molar-refractivity contribution in [1.82, 2.24) is 5.32 Å². The number of para-hydroxylation sites is 1. The zero-order valence-corrected chi connectivity index (χ0v) is 12.4. The van der Waals surface area contributed by atoms with Crippen molar-refractivity contribution in [1.29, 1.82) is 0 Å². The Hall–Kier alpha value is -1.06. The Morgan fingerprint density at radius 3 is 2.68 bits per heavy atom. The summed E-state index contributed by atoms with van der Waals surface area (Å²) in [5.74, 6) is 0.761. The summed E-state index contributed by atoms with van der Waals surface area (Å²) in [5.41, 5.74) is 2.72. The van der Waals surface area contributed by atoms with Gasteiger partial charge in [0.1, 0.15) is 0 Å². The van der Waals surface area contributed by atoms with Crippen LogP contribution in [0.1, 0.15) is 31.4 Å². The van der Waals surface area contributed by atoms with Gasteiger partial charge in [-0.15, -0.1) is 0 Å². The van der Waals surface area contributed by atoms with Crippen LogP contribution in [0.25, 0.3) is 0 Å². The molecule has 0 aliphatic carbocycles. The van der Waals surface area contributed by atoms with Crippen molar-refractivity contribution in [3.63, 3.8) is 0 Å². The number of benzene rings is 1. The minimum Gasteiger partial charge on any atom is -0.381 e. The Morgan fingerprint density at radius 1 is 1.32 bits per heavy atom. The van der Waals surface area contributed by atoms with E-state index in [1.165, 1.54) is 24.1 Å². The minimum atomic E-state index is 0.383. The van der Waals surface area contributed by atoms with Gasteiger partial charge in [0.25, 0.3) is 0 Å². The molecule has 1 aliphatic heterocycles. The summed E-state index contributed by atoms with van der Waals surface area (Å²) in [7, 11) is 4.22. The standard InChI is InChI=1S/C16H26N2O/c1-13(17-2)15-6-4-5-7-16(15)18(3)12-14-8-10-19-11-9-14/h4-7,13-14,17H,8-12H2,1-3H3. The second-order valence-electron chi connectivity index (χ2n) is 5.51. The Balaban J connectivity index is 2.07. The molecule has 1 N–H and O–H groups in total. The summed E-state index contributed by atoms with van der Waals surface area (Å²) in [6.07, 6.45) is 2.38. The van der Waals surface area contributed by atoms with Crippen molar-refractivity contribution in [3.8, 4) is 0 Å². The normalized spacial score (nSPS) is 18.3. The first-order valence-electron chi connectivity index (χ1n) is 7.27. The molecule has 0 spiro atoms. The number of anilines is 1. The van der Waals surface area contributed by atoms with Gasteiger partial charge in [-0.1, -0.05) is 18.2 Å². The van der Waals surface area contributed by atoms with Crippen LogP contribution in [0.5, 0.6) is 0 Å². The van der Waals surface area contributed by atoms with Crippen LogP contribution in [0.15, 0.2) is 24.3 Å². The fraction of sp³-hybridized carbons (Fsp3) is 0.625. The van der Waals surface area contributed by atoms with E-state index >= 15 is 0 Å². The second-order valence-corrected chi connectivity index (χ2v) is 5.51. The molecule has 3 nitrogen and oxygen atoms in total. The molecule has 0 saturated carbocycles. The highest BCUT2D eigenvalue weighted by molar-refractivity contribution is 5.54. The molecule has 2 rings (SSSR count). The van der Waals surface area contributed by atoms with Gasteiger partial charge in [0.05, 0.1) is 0 Å². The number of hydrogen-bond donors (Lipinski definition) is 1. The van der Waals surface area contributed by atoms with Crippen molar-refractivity contribution in [2.75, 3.05) is 38.8 Å². The number of ether oxygens (including phenoxy) is 1. The minimum absolute atomic E-state index is 0.383. The van der Waals surface area contributed by atoms with E-state index in [1.54, 1.807) is 0 Å². The first-order valence-corrected chi connectivity index (χ1v) is 7.27. The summed E-state index contributed by atoms with van der Waals surface area (Å²) in [4.78, 5) is 2.40. The van der Waals surface area contributed by atoms with E-state index in [9.17, 15) is 0 Å². The van der Waals surface area contributed by atoms with Crippen LogP contribution in [-0.4, -0.2) is 33.9 Å². The Bertz CT molecular complexity index is 388. The van der Waals surface area contributed by atoms with E-state index in [0.717, 1.165) is 25.7 Å². The van der Waals surface area contributed by atoms with E-state index in [-0.39, 0.29) is 0 Å². The first kappa shape index (κ1) is 14.4. The van der Waals surface area contributed by atoms with E-state index in [2.05, 4.69) is 48.5 Å². The molecule has 3 heteroatoms. The zero-order valence-electron chi connectivity index (χ0n) is 12.4. The maximum absolute atomic E-state index is 5.44. The summed E-state index contributed by atoms with van der Waals surface area (Å²) in [6.45, 7) is 5.18. The molecule has 1 unspecified atom stereocenters. The predicted octanol–water partition coefficient (Wildman–Crippen LogP) is 2.83. The van der Waals surface area contributed by atoms with Crippen molar-refractivity contribution < 1.29 is 4.74 Å². The molecular weight excluding hydrogens is 236 g/mol. The van der Waals surface area contributed by atoms with Crippen molar-refractivity contribution in [2.45, 2.75) is 25.8 Å². The van der Waals surface area contributed by atoms with E-state index in [0.29, 0.717) is 6.04 Å². The molecule has 1 heterocycles. The molecular formula is C16H26N2O. The van der Waals surface area contributed by atoms with E-state index < -0.39 is 0 Å². The van der Waals surface area contributed by atoms with Crippen molar-refractivity contribution >= 4 is 5.69 Å². The van der Waals surface area contributed by atoms with Gasteiger partial charge in [0.15, 0.2) is 0 Å². The lowest BCUT2D eigenvalue weighted by molar-refractivity contribution is 0.0685. The Labute approximate surface area is 116 Å². The van der Waals surface area contributed by atoms with Gasteiger partial charge in [-0.05, 0) is 44.4 Å². The third kappa shape index (κ3) is 3.71. The molecule has 0 bridgehead atoms. The second kappa shape index (κ2) is 6.92. The van der Waals surface area contributed by atoms with Crippen LogP contribution in [0.3, 0.4) is 0 Å². The van der Waals surface area contributed by atoms with E-state index in [4.69, 9.17) is 4.74 Å². The highest BCUT2D eigenvalue weighted by Gasteiger charge is 2.18. The van der Waals surface area contributed by atoms with Crippen LogP contribution >= 0.6 is 0 Å². The Kier molecular flexibility index (Phi) is 5.23. The molecule has 0 radical (unpaired) electrons. The quantitative estimate of drug-likeness (QED) is 0.883. The SMILES string of the molecule is CNC(C)c1ccccc1N(C)CC1CCOCC1. The Morgan fingerprint density at radius 2 is 2.00 bits per heavy atom. The number of rotatable bonds is 5. The third-order valence-electron chi connectivity index (χ3n) is 4.12. The molecule has 1 aromatic rings. The van der Waals surface area contributed by atoms with Crippen LogP contribution in [0.4, 0.5) is 5.69 Å². The third-order valence-corrected chi connectivity index (χ3v) is 4.12. The van der Waals surface area contributed by atoms with E-state index in [1.807, 2.05) is 7.05 Å². The summed E-state index contributed by atoms with van der Waals surface area (Å²) >= 11 is 0. The average molecular weight is 262 g/mol.